The molecule has 2 aliphatic heterocycles. The maximum atomic E-state index is 13.3. The Morgan fingerprint density at radius 3 is 1.15 bits per heavy atom. The fraction of sp³-hybridized carbons (Fsp3) is 0.831. The van der Waals surface area contributed by atoms with Gasteiger partial charge in [0.1, 0.15) is 48.8 Å². The van der Waals surface area contributed by atoms with E-state index >= 15 is 0 Å². The summed E-state index contributed by atoms with van der Waals surface area (Å²) >= 11 is 0. The number of carbonyl (C=O) groups excluding carboxylic acids is 1. The average Bonchev–Trinajstić information content (AvgIpc) is 1.19. The highest BCUT2D eigenvalue weighted by molar-refractivity contribution is 5.76. The summed E-state index contributed by atoms with van der Waals surface area (Å²) in [4.78, 5) is 13.3. The third-order valence-electron chi connectivity index (χ3n) is 18.1. The molecule has 91 heavy (non-hydrogen) atoms. The lowest BCUT2D eigenvalue weighted by Crippen LogP contribution is -2.65. The number of aliphatic hydroxyl groups is 8. The van der Waals surface area contributed by atoms with Crippen LogP contribution in [0.1, 0.15) is 316 Å². The molecule has 0 aromatic rings. The van der Waals surface area contributed by atoms with Gasteiger partial charge < -0.3 is 65.1 Å². The van der Waals surface area contributed by atoms with Gasteiger partial charge in [0.05, 0.1) is 32.0 Å². The third-order valence-corrected chi connectivity index (χ3v) is 18.1. The molecule has 0 aromatic carbocycles. The number of amides is 1. The molecule has 0 saturated carbocycles. The number of hydrogen-bond donors (Lipinski definition) is 9. The summed E-state index contributed by atoms with van der Waals surface area (Å²) in [5.41, 5.74) is 0. The summed E-state index contributed by atoms with van der Waals surface area (Å²) in [5, 5.41) is 87.4. The number of rotatable bonds is 62. The Morgan fingerprint density at radius 2 is 0.736 bits per heavy atom. The lowest BCUT2D eigenvalue weighted by Gasteiger charge is -2.46. The molecule has 0 bridgehead atoms. The summed E-state index contributed by atoms with van der Waals surface area (Å²) < 4.78 is 22.8. The Kier molecular flexibility index (Phi) is 56.7. The van der Waals surface area contributed by atoms with Crippen molar-refractivity contribution in [3.8, 4) is 0 Å². The first kappa shape index (κ1) is 84.5. The zero-order chi connectivity index (χ0) is 65.9. The number of hydrogen-bond acceptors (Lipinski definition) is 13. The second-order valence-corrected chi connectivity index (χ2v) is 26.4. The van der Waals surface area contributed by atoms with Gasteiger partial charge in [-0.25, -0.2) is 0 Å². The fourth-order valence-corrected chi connectivity index (χ4v) is 12.1. The van der Waals surface area contributed by atoms with Crippen LogP contribution in [0, 0.1) is 0 Å². The third kappa shape index (κ3) is 44.7. The average molecular weight is 1290 g/mol. The number of carbonyl (C=O) groups is 1. The highest BCUT2D eigenvalue weighted by Gasteiger charge is 2.51. The van der Waals surface area contributed by atoms with Gasteiger partial charge >= 0.3 is 0 Å². The van der Waals surface area contributed by atoms with Crippen LogP contribution in [-0.2, 0) is 23.7 Å². The van der Waals surface area contributed by atoms with Gasteiger partial charge in [0, 0.05) is 6.42 Å². The van der Waals surface area contributed by atoms with Crippen molar-refractivity contribution in [1.82, 2.24) is 5.32 Å². The van der Waals surface area contributed by atoms with Crippen LogP contribution in [0.4, 0.5) is 0 Å². The maximum Gasteiger partial charge on any atom is 0.220 e. The van der Waals surface area contributed by atoms with Crippen LogP contribution < -0.4 is 5.32 Å². The Hall–Kier alpha value is -2.57. The fourth-order valence-electron chi connectivity index (χ4n) is 12.1. The van der Waals surface area contributed by atoms with Crippen LogP contribution in [0.25, 0.3) is 0 Å². The molecule has 0 spiro atoms. The topological polar surface area (TPSA) is 228 Å². The molecule has 14 nitrogen and oxygen atoms in total. The minimum atomic E-state index is -1.79. The van der Waals surface area contributed by atoms with E-state index in [9.17, 15) is 45.6 Å². The van der Waals surface area contributed by atoms with E-state index in [1.165, 1.54) is 225 Å². The number of allylic oxidation sites excluding steroid dienone is 11. The van der Waals surface area contributed by atoms with Gasteiger partial charge in [0.2, 0.25) is 5.91 Å². The Bertz CT molecular complexity index is 1800. The second-order valence-electron chi connectivity index (χ2n) is 26.4. The van der Waals surface area contributed by atoms with E-state index in [0.29, 0.717) is 12.8 Å². The molecule has 9 N–H and O–H groups in total. The number of aliphatic hydroxyl groups excluding tert-OH is 8. The molecule has 0 radical (unpaired) electrons. The van der Waals surface area contributed by atoms with E-state index in [2.05, 4.69) is 79.9 Å². The van der Waals surface area contributed by atoms with Gasteiger partial charge in [0.25, 0.3) is 0 Å². The van der Waals surface area contributed by atoms with E-state index < -0.39 is 86.8 Å². The van der Waals surface area contributed by atoms with Crippen molar-refractivity contribution in [2.75, 3.05) is 19.8 Å². The summed E-state index contributed by atoms with van der Waals surface area (Å²) in [5.74, 6) is -0.250. The standard InChI is InChI=1S/C77H139NO13/c1-3-5-7-9-11-13-15-17-19-21-23-24-25-26-27-28-29-30-31-32-33-34-35-36-37-38-39-40-41-42-43-45-47-49-51-53-55-57-59-61-69(82)78-65(66(81)60-58-56-54-52-50-48-46-44-22-20-18-16-14-12-10-8-6-4-2)64-88-76-74(87)72(85)75(68(63-80)90-76)91-77-73(86)71(84)70(83)67(62-79)89-77/h15,17,21-23,25-26,44,50,52,58,60,65-68,70-77,79-81,83-87H,3-14,16,18-20,24,27-43,45-49,51,53-57,59,61-64H2,1-2H3,(H,78,82)/b17-15-,23-21-,26-25-,44-22+,52-50+,60-58+. The first-order valence-electron chi connectivity index (χ1n) is 37.7. The Morgan fingerprint density at radius 1 is 0.396 bits per heavy atom. The van der Waals surface area contributed by atoms with Crippen molar-refractivity contribution in [1.29, 1.82) is 0 Å². The van der Waals surface area contributed by atoms with Crippen molar-refractivity contribution in [2.24, 2.45) is 0 Å². The van der Waals surface area contributed by atoms with Crippen LogP contribution in [0.3, 0.4) is 0 Å². The van der Waals surface area contributed by atoms with E-state index in [1.54, 1.807) is 6.08 Å². The van der Waals surface area contributed by atoms with E-state index in [0.717, 1.165) is 57.8 Å². The van der Waals surface area contributed by atoms with Crippen LogP contribution in [0.5, 0.6) is 0 Å². The summed E-state index contributed by atoms with van der Waals surface area (Å²) in [6.45, 7) is 2.78. The monoisotopic (exact) mass is 1290 g/mol. The van der Waals surface area contributed by atoms with Gasteiger partial charge in [-0.1, -0.05) is 299 Å². The van der Waals surface area contributed by atoms with E-state index in [-0.39, 0.29) is 18.9 Å². The number of ether oxygens (including phenoxy) is 4. The van der Waals surface area contributed by atoms with Gasteiger partial charge in [-0.2, -0.15) is 0 Å². The van der Waals surface area contributed by atoms with Crippen molar-refractivity contribution in [3.63, 3.8) is 0 Å². The molecular weight excluding hydrogens is 1150 g/mol. The molecule has 0 aromatic heterocycles. The predicted octanol–water partition coefficient (Wildman–Crippen LogP) is 16.2. The van der Waals surface area contributed by atoms with Gasteiger partial charge in [-0.3, -0.25) is 4.79 Å². The van der Waals surface area contributed by atoms with Crippen molar-refractivity contribution >= 4 is 5.91 Å². The molecule has 2 aliphatic rings. The van der Waals surface area contributed by atoms with Crippen molar-refractivity contribution < 1.29 is 64.6 Å². The summed E-state index contributed by atoms with van der Waals surface area (Å²) in [7, 11) is 0. The molecule has 2 heterocycles. The first-order chi connectivity index (χ1) is 44.6. The highest BCUT2D eigenvalue weighted by Crippen LogP contribution is 2.30. The van der Waals surface area contributed by atoms with E-state index in [1.807, 2.05) is 6.08 Å². The van der Waals surface area contributed by atoms with Gasteiger partial charge in [-0.15, -0.1) is 0 Å². The first-order valence-corrected chi connectivity index (χ1v) is 37.7. The SMILES string of the molecule is CCCCCCC/C=C\C/C=C\C/C=C\CCCCCCCCCCCCCCCCCCCCCCCCCCC(=O)NC(COC1OC(CO)C(OC2OC(CO)C(O)C(O)C2O)C(O)C1O)C(O)/C=C/CC/C=C/CC/C=C/CCCCCCCCCC. The number of nitrogens with one attached hydrogen (secondary N) is 1. The smallest absolute Gasteiger partial charge is 0.220 e. The highest BCUT2D eigenvalue weighted by atomic mass is 16.7. The molecule has 12 atom stereocenters. The quantitative estimate of drug-likeness (QED) is 0.0204. The summed E-state index contributed by atoms with van der Waals surface area (Å²) in [6.07, 6.45) is 67.0. The van der Waals surface area contributed by atoms with Crippen LogP contribution in [-0.4, -0.2) is 140 Å². The molecule has 1 amide bonds. The van der Waals surface area contributed by atoms with Crippen LogP contribution in [0.15, 0.2) is 72.9 Å². The van der Waals surface area contributed by atoms with Gasteiger partial charge in [0.15, 0.2) is 12.6 Å². The van der Waals surface area contributed by atoms with Crippen LogP contribution >= 0.6 is 0 Å². The van der Waals surface area contributed by atoms with E-state index in [4.69, 9.17) is 18.9 Å². The van der Waals surface area contributed by atoms with Gasteiger partial charge in [-0.05, 0) is 83.5 Å². The van der Waals surface area contributed by atoms with Crippen molar-refractivity contribution in [3.05, 3.63) is 72.9 Å². The normalized spacial score (nSPS) is 23.2. The largest absolute Gasteiger partial charge is 0.394 e. The number of unbranched alkanes of at least 4 members (excludes halogenated alkanes) is 39. The molecular formula is C77H139NO13. The Balaban J connectivity index is 1.59. The zero-order valence-corrected chi connectivity index (χ0v) is 57.8. The lowest BCUT2D eigenvalue weighted by molar-refractivity contribution is -0.359. The zero-order valence-electron chi connectivity index (χ0n) is 57.8. The maximum absolute atomic E-state index is 13.3. The molecule has 530 valence electrons. The van der Waals surface area contributed by atoms with Crippen LogP contribution in [0.2, 0.25) is 0 Å². The predicted molar refractivity (Wildman–Crippen MR) is 373 cm³/mol. The van der Waals surface area contributed by atoms with Crippen molar-refractivity contribution in [2.45, 2.75) is 389 Å². The molecule has 0 aliphatic carbocycles. The molecule has 14 heteroatoms. The summed E-state index contributed by atoms with van der Waals surface area (Å²) in [6, 6.07) is -0.940. The second kappa shape index (κ2) is 61.1. The Labute approximate surface area is 555 Å². The molecule has 2 rings (SSSR count). The lowest BCUT2D eigenvalue weighted by atomic mass is 9.97. The molecule has 12 unspecified atom stereocenters. The minimum absolute atomic E-state index is 0.250. The minimum Gasteiger partial charge on any atom is -0.394 e. The molecule has 2 saturated heterocycles. The molecule has 2 fully saturated rings.